The summed E-state index contributed by atoms with van der Waals surface area (Å²) in [5.74, 6) is 0.247. The first-order valence-electron chi connectivity index (χ1n) is 6.18. The average molecular weight is 254 g/mol. The number of hydrogen-bond acceptors (Lipinski definition) is 4. The maximum absolute atomic E-state index is 14.0. The van der Waals surface area contributed by atoms with Crippen LogP contribution in [0.25, 0.3) is 0 Å². The molecule has 100 valence electrons. The summed E-state index contributed by atoms with van der Waals surface area (Å²) in [6.07, 6.45) is 1.03. The minimum atomic E-state index is -0.245. The van der Waals surface area contributed by atoms with Gasteiger partial charge in [-0.3, -0.25) is 0 Å². The molecular formula is C13H19FN2O2. The third-order valence-corrected chi connectivity index (χ3v) is 2.94. The summed E-state index contributed by atoms with van der Waals surface area (Å²) in [5.41, 5.74) is 0.642. The highest BCUT2D eigenvalue weighted by Gasteiger charge is 2.14. The standard InChI is InChI=1S/C13H19FN2O2/c1-17-10-18-11-3-4-13(12(14)9-11)16-7-2-5-15-6-8-16/h3-4,9,15H,2,5-8,10H2,1H3. The molecule has 1 aromatic carbocycles. The zero-order chi connectivity index (χ0) is 12.8. The van der Waals surface area contributed by atoms with Crippen molar-refractivity contribution >= 4 is 5.69 Å². The van der Waals surface area contributed by atoms with Gasteiger partial charge in [0.15, 0.2) is 6.79 Å². The fourth-order valence-corrected chi connectivity index (χ4v) is 2.05. The smallest absolute Gasteiger partial charge is 0.188 e. The molecule has 1 aliphatic heterocycles. The first kappa shape index (κ1) is 13.1. The van der Waals surface area contributed by atoms with Crippen LogP contribution >= 0.6 is 0 Å². The fourth-order valence-electron chi connectivity index (χ4n) is 2.05. The van der Waals surface area contributed by atoms with Gasteiger partial charge in [-0.2, -0.15) is 0 Å². The molecule has 5 heteroatoms. The van der Waals surface area contributed by atoms with Crippen LogP contribution in [0.3, 0.4) is 0 Å². The Labute approximate surface area is 107 Å². The Bertz CT molecular complexity index is 379. The first-order valence-corrected chi connectivity index (χ1v) is 6.18. The number of anilines is 1. The van der Waals surface area contributed by atoms with Gasteiger partial charge in [0, 0.05) is 32.8 Å². The Balaban J connectivity index is 2.08. The number of hydrogen-bond donors (Lipinski definition) is 1. The molecule has 1 saturated heterocycles. The number of ether oxygens (including phenoxy) is 2. The molecule has 1 N–H and O–H groups in total. The number of nitrogens with zero attached hydrogens (tertiary/aromatic N) is 1. The van der Waals surface area contributed by atoms with Gasteiger partial charge in [0.05, 0.1) is 5.69 Å². The van der Waals surface area contributed by atoms with Crippen molar-refractivity contribution in [1.82, 2.24) is 5.32 Å². The first-order chi connectivity index (χ1) is 8.81. The number of methoxy groups -OCH3 is 1. The van der Waals surface area contributed by atoms with Crippen LogP contribution in [0, 0.1) is 5.82 Å². The zero-order valence-electron chi connectivity index (χ0n) is 10.6. The number of rotatable bonds is 4. The minimum absolute atomic E-state index is 0.131. The molecule has 0 aliphatic carbocycles. The second-order valence-corrected chi connectivity index (χ2v) is 4.25. The summed E-state index contributed by atoms with van der Waals surface area (Å²) in [5, 5.41) is 3.30. The van der Waals surface area contributed by atoms with Crippen molar-refractivity contribution in [2.24, 2.45) is 0 Å². The van der Waals surface area contributed by atoms with E-state index in [1.165, 1.54) is 13.2 Å². The van der Waals surface area contributed by atoms with Gasteiger partial charge in [-0.15, -0.1) is 0 Å². The van der Waals surface area contributed by atoms with Crippen LogP contribution in [0.4, 0.5) is 10.1 Å². The van der Waals surface area contributed by atoms with Crippen LogP contribution < -0.4 is 15.0 Å². The van der Waals surface area contributed by atoms with Crippen molar-refractivity contribution in [3.63, 3.8) is 0 Å². The van der Waals surface area contributed by atoms with Gasteiger partial charge >= 0.3 is 0 Å². The topological polar surface area (TPSA) is 33.7 Å². The highest BCUT2D eigenvalue weighted by atomic mass is 19.1. The molecule has 18 heavy (non-hydrogen) atoms. The van der Waals surface area contributed by atoms with Crippen LogP contribution in [0.5, 0.6) is 5.75 Å². The van der Waals surface area contributed by atoms with Crippen molar-refractivity contribution in [2.45, 2.75) is 6.42 Å². The predicted molar refractivity (Wildman–Crippen MR) is 68.6 cm³/mol. The summed E-state index contributed by atoms with van der Waals surface area (Å²) in [7, 11) is 1.54. The van der Waals surface area contributed by atoms with Gasteiger partial charge in [-0.1, -0.05) is 0 Å². The molecule has 4 nitrogen and oxygen atoms in total. The van der Waals surface area contributed by atoms with Crippen molar-refractivity contribution in [2.75, 3.05) is 45.0 Å². The molecule has 1 fully saturated rings. The molecule has 0 atom stereocenters. The summed E-state index contributed by atoms with van der Waals surface area (Å²) < 4.78 is 24.0. The van der Waals surface area contributed by atoms with Crippen LogP contribution in [0.2, 0.25) is 0 Å². The summed E-state index contributed by atoms with van der Waals surface area (Å²) in [6.45, 7) is 3.72. The van der Waals surface area contributed by atoms with Crippen molar-refractivity contribution in [3.8, 4) is 5.75 Å². The van der Waals surface area contributed by atoms with E-state index in [1.807, 2.05) is 0 Å². The van der Waals surface area contributed by atoms with Gasteiger partial charge < -0.3 is 19.7 Å². The monoisotopic (exact) mass is 254 g/mol. The highest BCUT2D eigenvalue weighted by Crippen LogP contribution is 2.24. The summed E-state index contributed by atoms with van der Waals surface area (Å²) in [6, 6.07) is 4.95. The quantitative estimate of drug-likeness (QED) is 0.828. The molecule has 1 aliphatic rings. The van der Waals surface area contributed by atoms with E-state index in [-0.39, 0.29) is 12.6 Å². The van der Waals surface area contributed by atoms with Crippen molar-refractivity contribution in [3.05, 3.63) is 24.0 Å². The Hall–Kier alpha value is -1.33. The molecule has 0 amide bonds. The minimum Gasteiger partial charge on any atom is -0.467 e. The molecule has 0 aromatic heterocycles. The van der Waals surface area contributed by atoms with E-state index in [2.05, 4.69) is 10.2 Å². The Kier molecular flexibility index (Phi) is 4.78. The van der Waals surface area contributed by atoms with E-state index in [9.17, 15) is 4.39 Å². The summed E-state index contributed by atoms with van der Waals surface area (Å²) in [4.78, 5) is 2.06. The lowest BCUT2D eigenvalue weighted by atomic mass is 10.2. The second-order valence-electron chi connectivity index (χ2n) is 4.25. The molecule has 1 heterocycles. The van der Waals surface area contributed by atoms with Gasteiger partial charge in [-0.05, 0) is 25.1 Å². The molecule has 0 unspecified atom stereocenters. The molecule has 1 aromatic rings. The van der Waals surface area contributed by atoms with Crippen LogP contribution in [-0.2, 0) is 4.74 Å². The van der Waals surface area contributed by atoms with Crippen molar-refractivity contribution < 1.29 is 13.9 Å². The van der Waals surface area contributed by atoms with Crippen LogP contribution in [0.15, 0.2) is 18.2 Å². The molecule has 2 rings (SSSR count). The largest absolute Gasteiger partial charge is 0.467 e. The fraction of sp³-hybridized carbons (Fsp3) is 0.538. The van der Waals surface area contributed by atoms with Gasteiger partial charge in [0.1, 0.15) is 11.6 Å². The molecule has 0 radical (unpaired) electrons. The van der Waals surface area contributed by atoms with Crippen LogP contribution in [0.1, 0.15) is 6.42 Å². The Morgan fingerprint density at radius 2 is 2.22 bits per heavy atom. The van der Waals surface area contributed by atoms with Crippen LogP contribution in [-0.4, -0.2) is 40.1 Å². The molecule has 0 bridgehead atoms. The van der Waals surface area contributed by atoms with E-state index >= 15 is 0 Å². The maximum atomic E-state index is 14.0. The molecule has 0 saturated carbocycles. The van der Waals surface area contributed by atoms with E-state index in [0.717, 1.165) is 32.6 Å². The predicted octanol–water partition coefficient (Wildman–Crippen LogP) is 1.61. The average Bonchev–Trinajstić information content (AvgIpc) is 2.65. The normalized spacial score (nSPS) is 16.4. The van der Waals surface area contributed by atoms with E-state index < -0.39 is 0 Å². The lowest BCUT2D eigenvalue weighted by molar-refractivity contribution is 0.0509. The number of halogens is 1. The van der Waals surface area contributed by atoms with Gasteiger partial charge in [0.25, 0.3) is 0 Å². The SMILES string of the molecule is COCOc1ccc(N2CCCNCC2)c(F)c1. The third kappa shape index (κ3) is 3.34. The third-order valence-electron chi connectivity index (χ3n) is 2.94. The number of benzene rings is 1. The molecular weight excluding hydrogens is 235 g/mol. The van der Waals surface area contributed by atoms with Gasteiger partial charge in [0.2, 0.25) is 0 Å². The number of nitrogens with one attached hydrogen (secondary N) is 1. The van der Waals surface area contributed by atoms with Gasteiger partial charge in [-0.25, -0.2) is 4.39 Å². The second kappa shape index (κ2) is 6.56. The van der Waals surface area contributed by atoms with Crippen molar-refractivity contribution in [1.29, 1.82) is 0 Å². The maximum Gasteiger partial charge on any atom is 0.188 e. The Morgan fingerprint density at radius 1 is 1.33 bits per heavy atom. The van der Waals surface area contributed by atoms with E-state index in [0.29, 0.717) is 11.4 Å². The Morgan fingerprint density at radius 3 is 3.00 bits per heavy atom. The highest BCUT2D eigenvalue weighted by molar-refractivity contribution is 5.50. The lowest BCUT2D eigenvalue weighted by Gasteiger charge is -2.23. The van der Waals surface area contributed by atoms with E-state index in [4.69, 9.17) is 9.47 Å². The van der Waals surface area contributed by atoms with E-state index in [1.54, 1.807) is 12.1 Å². The molecule has 0 spiro atoms. The summed E-state index contributed by atoms with van der Waals surface area (Å²) >= 11 is 0. The zero-order valence-corrected chi connectivity index (χ0v) is 10.6. The lowest BCUT2D eigenvalue weighted by Crippen LogP contribution is -2.28.